The van der Waals surface area contributed by atoms with Crippen LogP contribution >= 0.6 is 0 Å². The molecule has 0 radical (unpaired) electrons. The van der Waals surface area contributed by atoms with Gasteiger partial charge in [0.15, 0.2) is 11.6 Å². The van der Waals surface area contributed by atoms with Crippen molar-refractivity contribution < 1.29 is 22.3 Å². The molecule has 0 saturated carbocycles. The highest BCUT2D eigenvalue weighted by molar-refractivity contribution is 7.89. The number of carbonyl (C=O) groups excluding carboxylic acids is 1. The predicted octanol–water partition coefficient (Wildman–Crippen LogP) is 2.34. The van der Waals surface area contributed by atoms with Crippen molar-refractivity contribution in [3.63, 3.8) is 0 Å². The van der Waals surface area contributed by atoms with Gasteiger partial charge in [-0.3, -0.25) is 14.8 Å². The van der Waals surface area contributed by atoms with Gasteiger partial charge in [-0.2, -0.15) is 4.31 Å². The largest absolute Gasteiger partial charge is 0.453 e. The van der Waals surface area contributed by atoms with E-state index < -0.39 is 21.7 Å². The summed E-state index contributed by atoms with van der Waals surface area (Å²) >= 11 is 0. The second-order valence-electron chi connectivity index (χ2n) is 6.28. The Kier molecular flexibility index (Phi) is 6.70. The van der Waals surface area contributed by atoms with Crippen LogP contribution in [0.5, 0.6) is 11.5 Å². The van der Waals surface area contributed by atoms with Gasteiger partial charge in [-0.15, -0.1) is 0 Å². The van der Waals surface area contributed by atoms with E-state index in [1.165, 1.54) is 49.9 Å². The maximum Gasteiger partial charge on any atom is 0.244 e. The van der Waals surface area contributed by atoms with E-state index >= 15 is 0 Å². The van der Waals surface area contributed by atoms with Crippen LogP contribution in [0.4, 0.5) is 4.39 Å². The molecule has 0 aliphatic heterocycles. The number of sulfonamides is 1. The Hall–Kier alpha value is -3.37. The molecule has 1 aromatic carbocycles. The van der Waals surface area contributed by atoms with Crippen LogP contribution in [0, 0.1) is 5.82 Å². The van der Waals surface area contributed by atoms with Crippen LogP contribution in [0.1, 0.15) is 5.56 Å². The highest BCUT2D eigenvalue weighted by Gasteiger charge is 2.23. The number of likely N-dealkylation sites (N-methyl/N-ethyl adjacent to an activating group) is 1. The molecule has 10 heteroatoms. The van der Waals surface area contributed by atoms with Gasteiger partial charge in [-0.05, 0) is 42.0 Å². The van der Waals surface area contributed by atoms with Gasteiger partial charge in [0.2, 0.25) is 15.9 Å². The first-order valence-corrected chi connectivity index (χ1v) is 10.3. The summed E-state index contributed by atoms with van der Waals surface area (Å²) in [5.41, 5.74) is 0.497. The Morgan fingerprint density at radius 2 is 1.87 bits per heavy atom. The number of pyridine rings is 2. The minimum absolute atomic E-state index is 0.00780. The second kappa shape index (κ2) is 9.42. The number of carbonyl (C=O) groups is 1. The third-order valence-electron chi connectivity index (χ3n) is 4.06. The van der Waals surface area contributed by atoms with Crippen LogP contribution in [-0.4, -0.2) is 42.2 Å². The third-order valence-corrected chi connectivity index (χ3v) is 5.84. The first-order valence-electron chi connectivity index (χ1n) is 8.85. The molecule has 0 fully saturated rings. The monoisotopic (exact) mass is 430 g/mol. The molecule has 0 aliphatic rings. The van der Waals surface area contributed by atoms with Gasteiger partial charge < -0.3 is 10.1 Å². The van der Waals surface area contributed by atoms with Crippen molar-refractivity contribution in [2.45, 2.75) is 11.4 Å². The summed E-state index contributed by atoms with van der Waals surface area (Å²) < 4.78 is 45.4. The van der Waals surface area contributed by atoms with Crippen molar-refractivity contribution in [3.05, 3.63) is 78.6 Å². The second-order valence-corrected chi connectivity index (χ2v) is 8.33. The summed E-state index contributed by atoms with van der Waals surface area (Å²) in [5, 5.41) is 2.57. The van der Waals surface area contributed by atoms with Crippen molar-refractivity contribution in [2.75, 3.05) is 13.6 Å². The van der Waals surface area contributed by atoms with Crippen molar-refractivity contribution in [2.24, 2.45) is 0 Å². The molecule has 30 heavy (non-hydrogen) atoms. The Morgan fingerprint density at radius 3 is 2.50 bits per heavy atom. The van der Waals surface area contributed by atoms with E-state index in [-0.39, 0.29) is 23.7 Å². The molecule has 0 saturated heterocycles. The molecule has 0 bridgehead atoms. The lowest BCUT2D eigenvalue weighted by Crippen LogP contribution is -2.38. The topological polar surface area (TPSA) is 101 Å². The Bertz CT molecular complexity index is 1110. The highest BCUT2D eigenvalue weighted by Crippen LogP contribution is 2.24. The van der Waals surface area contributed by atoms with Crippen molar-refractivity contribution in [3.8, 4) is 11.5 Å². The molecule has 2 heterocycles. The molecule has 8 nitrogen and oxygen atoms in total. The standard InChI is InChI=1S/C20H19FN4O4S/c1-25(30(27,28)17-5-3-9-23-13-17)14-20(26)24-11-15-6-7-19(18(21)10-15)29-16-4-2-8-22-12-16/h2-10,12-13H,11,14H2,1H3,(H,24,26). The van der Waals surface area contributed by atoms with Gasteiger partial charge in [0, 0.05) is 32.2 Å². The Labute approximate surface area is 173 Å². The fourth-order valence-corrected chi connectivity index (χ4v) is 3.59. The lowest BCUT2D eigenvalue weighted by Gasteiger charge is -2.16. The molecular weight excluding hydrogens is 411 g/mol. The summed E-state index contributed by atoms with van der Waals surface area (Å²) in [6.07, 6.45) is 5.71. The zero-order chi connectivity index (χ0) is 21.6. The van der Waals surface area contributed by atoms with E-state index in [0.717, 1.165) is 4.31 Å². The van der Waals surface area contributed by atoms with Crippen LogP contribution in [0.2, 0.25) is 0 Å². The van der Waals surface area contributed by atoms with Crippen molar-refractivity contribution in [1.29, 1.82) is 0 Å². The molecule has 156 valence electrons. The first kappa shape index (κ1) is 21.3. The molecule has 3 aromatic rings. The first-order chi connectivity index (χ1) is 14.4. The van der Waals surface area contributed by atoms with Crippen LogP contribution in [0.15, 0.2) is 72.1 Å². The number of aromatic nitrogens is 2. The van der Waals surface area contributed by atoms with E-state index in [1.807, 2.05) is 0 Å². The Morgan fingerprint density at radius 1 is 1.13 bits per heavy atom. The molecule has 2 aromatic heterocycles. The van der Waals surface area contributed by atoms with Crippen molar-refractivity contribution in [1.82, 2.24) is 19.6 Å². The van der Waals surface area contributed by atoms with E-state index in [4.69, 9.17) is 4.74 Å². The highest BCUT2D eigenvalue weighted by atomic mass is 32.2. The number of nitrogens with zero attached hydrogens (tertiary/aromatic N) is 3. The number of nitrogens with one attached hydrogen (secondary N) is 1. The number of hydrogen-bond acceptors (Lipinski definition) is 6. The summed E-state index contributed by atoms with van der Waals surface area (Å²) in [6, 6.07) is 10.5. The smallest absolute Gasteiger partial charge is 0.244 e. The number of ether oxygens (including phenoxy) is 1. The lowest BCUT2D eigenvalue weighted by atomic mass is 10.2. The van der Waals surface area contributed by atoms with E-state index in [1.54, 1.807) is 24.4 Å². The fourth-order valence-electron chi connectivity index (χ4n) is 2.49. The molecule has 1 amide bonds. The average Bonchev–Trinajstić information content (AvgIpc) is 2.75. The molecular formula is C20H19FN4O4S. The fraction of sp³-hybridized carbons (Fsp3) is 0.150. The van der Waals surface area contributed by atoms with Crippen LogP contribution in [0.3, 0.4) is 0 Å². The third kappa shape index (κ3) is 5.37. The molecule has 1 N–H and O–H groups in total. The SMILES string of the molecule is CN(CC(=O)NCc1ccc(Oc2cccnc2)c(F)c1)S(=O)(=O)c1cccnc1. The predicted molar refractivity (Wildman–Crippen MR) is 107 cm³/mol. The number of rotatable bonds is 8. The van der Waals surface area contributed by atoms with Crippen molar-refractivity contribution >= 4 is 15.9 Å². The van der Waals surface area contributed by atoms with E-state index in [2.05, 4.69) is 15.3 Å². The maximum atomic E-state index is 14.3. The number of amides is 1. The van der Waals surface area contributed by atoms with Gasteiger partial charge in [0.1, 0.15) is 10.6 Å². The van der Waals surface area contributed by atoms with Crippen LogP contribution in [0.25, 0.3) is 0 Å². The van der Waals surface area contributed by atoms with Crippen LogP contribution < -0.4 is 10.1 Å². The van der Waals surface area contributed by atoms with E-state index in [0.29, 0.717) is 11.3 Å². The van der Waals surface area contributed by atoms with Crippen LogP contribution in [-0.2, 0) is 21.4 Å². The number of halogens is 1. The van der Waals surface area contributed by atoms with Gasteiger partial charge in [0.25, 0.3) is 0 Å². The summed E-state index contributed by atoms with van der Waals surface area (Å²) in [4.78, 5) is 19.8. The number of benzene rings is 1. The molecule has 0 aliphatic carbocycles. The Balaban J connectivity index is 1.56. The van der Waals surface area contributed by atoms with Gasteiger partial charge >= 0.3 is 0 Å². The van der Waals surface area contributed by atoms with E-state index in [9.17, 15) is 17.6 Å². The summed E-state index contributed by atoms with van der Waals surface area (Å²) in [5.74, 6) is -0.696. The van der Waals surface area contributed by atoms with Gasteiger partial charge in [0.05, 0.1) is 12.7 Å². The quantitative estimate of drug-likeness (QED) is 0.589. The average molecular weight is 430 g/mol. The zero-order valence-electron chi connectivity index (χ0n) is 16.0. The lowest BCUT2D eigenvalue weighted by molar-refractivity contribution is -0.121. The van der Waals surface area contributed by atoms with Gasteiger partial charge in [-0.25, -0.2) is 12.8 Å². The minimum Gasteiger partial charge on any atom is -0.453 e. The zero-order valence-corrected chi connectivity index (χ0v) is 16.8. The summed E-state index contributed by atoms with van der Waals surface area (Å²) in [7, 11) is -2.53. The molecule has 0 spiro atoms. The minimum atomic E-state index is -3.83. The summed E-state index contributed by atoms with van der Waals surface area (Å²) in [6.45, 7) is -0.356. The maximum absolute atomic E-state index is 14.3. The molecule has 0 atom stereocenters. The van der Waals surface area contributed by atoms with Gasteiger partial charge in [-0.1, -0.05) is 6.07 Å². The molecule has 3 rings (SSSR count). The molecule has 0 unspecified atom stereocenters. The normalized spacial score (nSPS) is 11.3. The number of hydrogen-bond donors (Lipinski definition) is 1.